The molecule has 8 N–H and O–H groups in total. The molecule has 1 heterocycles. The molecule has 2 fully saturated rings. The Morgan fingerprint density at radius 2 is 1.66 bits per heavy atom. The van der Waals surface area contributed by atoms with Gasteiger partial charge >= 0.3 is 5.97 Å². The number of phenolic OH excluding ortho intramolecular Hbond substituents is 2. The van der Waals surface area contributed by atoms with E-state index in [2.05, 4.69) is 0 Å². The number of carbonyl (C=O) groups excluding carboxylic acids is 4. The van der Waals surface area contributed by atoms with Gasteiger partial charge in [0.25, 0.3) is 5.91 Å². The number of aliphatic hydroxyl groups is 4. The molecule has 0 aromatic heterocycles. The molecule has 1 saturated heterocycles. The van der Waals surface area contributed by atoms with E-state index in [0.717, 1.165) is 7.11 Å². The Bertz CT molecular complexity index is 1870. The quantitative estimate of drug-likeness (QED) is 0.167. The summed E-state index contributed by atoms with van der Waals surface area (Å²) in [6.45, 7) is 3.12. The molecule has 4 aliphatic rings. The van der Waals surface area contributed by atoms with Crippen LogP contribution in [0.2, 0.25) is 0 Å². The van der Waals surface area contributed by atoms with Crippen LogP contribution in [0.5, 0.6) is 11.5 Å². The van der Waals surface area contributed by atoms with Crippen LogP contribution in [0, 0.1) is 11.8 Å². The molecule has 6 rings (SSSR count). The summed E-state index contributed by atoms with van der Waals surface area (Å²) in [5.74, 6) is -10.5. The number of primary amides is 1. The van der Waals surface area contributed by atoms with Gasteiger partial charge < -0.3 is 55.3 Å². The third-order valence-corrected chi connectivity index (χ3v) is 10.7. The van der Waals surface area contributed by atoms with Crippen LogP contribution in [0.1, 0.15) is 59.8 Å². The Hall–Kier alpha value is -4.80. The number of para-hydroxylation sites is 1. The summed E-state index contributed by atoms with van der Waals surface area (Å²) >= 11 is 0. The van der Waals surface area contributed by atoms with E-state index in [1.807, 2.05) is 0 Å². The molecule has 266 valence electrons. The van der Waals surface area contributed by atoms with Crippen molar-refractivity contribution in [3.05, 3.63) is 75.6 Å². The number of esters is 1. The number of aromatic hydroxyl groups is 2. The lowest BCUT2D eigenvalue weighted by Gasteiger charge is -2.53. The van der Waals surface area contributed by atoms with Crippen molar-refractivity contribution in [1.29, 1.82) is 0 Å². The van der Waals surface area contributed by atoms with Gasteiger partial charge in [-0.15, -0.1) is 0 Å². The van der Waals surface area contributed by atoms with Crippen LogP contribution < -0.4 is 5.73 Å². The van der Waals surface area contributed by atoms with E-state index in [4.69, 9.17) is 24.7 Å². The molecular formula is C35H37NO14. The van der Waals surface area contributed by atoms with Crippen molar-refractivity contribution in [3.63, 3.8) is 0 Å². The van der Waals surface area contributed by atoms with Gasteiger partial charge in [-0.05, 0) is 38.0 Å². The van der Waals surface area contributed by atoms with E-state index in [0.29, 0.717) is 0 Å². The molecule has 9 atom stereocenters. The van der Waals surface area contributed by atoms with Crippen LogP contribution in [-0.4, -0.2) is 98.3 Å². The van der Waals surface area contributed by atoms with Gasteiger partial charge in [-0.2, -0.15) is 0 Å². The van der Waals surface area contributed by atoms with Gasteiger partial charge in [-0.25, -0.2) is 4.79 Å². The highest BCUT2D eigenvalue weighted by Gasteiger charge is 2.68. The molecular weight excluding hydrogens is 658 g/mol. The molecule has 9 unspecified atom stereocenters. The van der Waals surface area contributed by atoms with Crippen LogP contribution >= 0.6 is 0 Å². The van der Waals surface area contributed by atoms with Gasteiger partial charge in [0.2, 0.25) is 11.6 Å². The Labute approximate surface area is 285 Å². The zero-order valence-electron chi connectivity index (χ0n) is 27.4. The molecule has 15 nitrogen and oxygen atoms in total. The summed E-state index contributed by atoms with van der Waals surface area (Å²) < 4.78 is 23.1. The second-order valence-corrected chi connectivity index (χ2v) is 13.1. The van der Waals surface area contributed by atoms with Crippen molar-refractivity contribution >= 4 is 29.2 Å². The number of fused-ring (bicyclic) bond motifs is 3. The smallest absolute Gasteiger partial charge is 0.342 e. The number of phenols is 2. The van der Waals surface area contributed by atoms with E-state index >= 15 is 0 Å². The summed E-state index contributed by atoms with van der Waals surface area (Å²) in [4.78, 5) is 54.6. The molecule has 2 aromatic carbocycles. The minimum atomic E-state index is -2.61. The number of aliphatic hydroxyl groups excluding tert-OH is 4. The predicted molar refractivity (Wildman–Crippen MR) is 169 cm³/mol. The molecule has 1 aliphatic heterocycles. The Morgan fingerprint density at radius 1 is 0.980 bits per heavy atom. The van der Waals surface area contributed by atoms with Crippen LogP contribution in [0.4, 0.5) is 0 Å². The minimum Gasteiger partial charge on any atom is -0.508 e. The van der Waals surface area contributed by atoms with E-state index in [1.54, 1.807) is 19.9 Å². The van der Waals surface area contributed by atoms with Crippen molar-refractivity contribution in [2.75, 3.05) is 14.2 Å². The monoisotopic (exact) mass is 695 g/mol. The Kier molecular flexibility index (Phi) is 8.56. The van der Waals surface area contributed by atoms with Crippen molar-refractivity contribution in [3.8, 4) is 11.5 Å². The highest BCUT2D eigenvalue weighted by atomic mass is 16.6. The molecule has 1 saturated carbocycles. The molecule has 1 amide bonds. The summed E-state index contributed by atoms with van der Waals surface area (Å²) in [5.41, 5.74) is -0.303. The van der Waals surface area contributed by atoms with Gasteiger partial charge in [0.05, 0.1) is 29.5 Å². The first-order chi connectivity index (χ1) is 23.6. The van der Waals surface area contributed by atoms with Gasteiger partial charge in [-0.1, -0.05) is 24.3 Å². The number of ketones is 2. The summed E-state index contributed by atoms with van der Waals surface area (Å²) in [6.07, 6.45) is -6.49. The van der Waals surface area contributed by atoms with Gasteiger partial charge in [0.1, 0.15) is 40.3 Å². The first kappa shape index (κ1) is 35.0. The lowest BCUT2D eigenvalue weighted by molar-refractivity contribution is -0.172. The minimum absolute atomic E-state index is 0.101. The number of rotatable bonds is 6. The van der Waals surface area contributed by atoms with E-state index < -0.39 is 111 Å². The van der Waals surface area contributed by atoms with E-state index in [1.165, 1.54) is 37.4 Å². The fourth-order valence-electron chi connectivity index (χ4n) is 7.99. The standard InChI is InChI=1S/C35H37NO14/c1-13-25(39)20(38)12-21(49-13)15-9-10-16-22(26(15)40)27(41)23-17(34(16,2)47-3)11-18-29(50-33(46)14-7-5-6-8-19(14)37)28(42)24(32(36)45)31(44)35(18,48-4)30(23)43/h5-10,13,17-18,20-21,25,29,37-41,44H,11-12H2,1-4H3,(H2,36,45). The largest absolute Gasteiger partial charge is 0.508 e. The SMILES string of the molecule is COC12C(=O)C3=C(O)c4c(ccc(C5CC(O)C(O)C(C)O5)c4O)C(C)(OC)C3CC1C(OC(=O)c1ccccc1O)C(=O)C(C(N)=O)=C2O. The van der Waals surface area contributed by atoms with E-state index in [9.17, 15) is 49.8 Å². The predicted octanol–water partition coefficient (Wildman–Crippen LogP) is 1.51. The Balaban J connectivity index is 1.54. The van der Waals surface area contributed by atoms with Crippen molar-refractivity contribution < 1.29 is 68.8 Å². The average Bonchev–Trinajstić information content (AvgIpc) is 3.07. The normalized spacial score (nSPS) is 33.8. The third kappa shape index (κ3) is 4.75. The van der Waals surface area contributed by atoms with Gasteiger partial charge in [-0.3, -0.25) is 14.4 Å². The van der Waals surface area contributed by atoms with Crippen molar-refractivity contribution in [2.24, 2.45) is 17.6 Å². The summed E-state index contributed by atoms with van der Waals surface area (Å²) in [6, 6.07) is 8.36. The van der Waals surface area contributed by atoms with Gasteiger partial charge in [0.15, 0.2) is 11.7 Å². The number of nitrogens with two attached hydrogens (primary N) is 1. The molecule has 3 aliphatic carbocycles. The summed E-state index contributed by atoms with van der Waals surface area (Å²) in [5, 5.41) is 66.0. The third-order valence-electron chi connectivity index (χ3n) is 10.7. The molecule has 50 heavy (non-hydrogen) atoms. The summed E-state index contributed by atoms with van der Waals surface area (Å²) in [7, 11) is 2.34. The zero-order chi connectivity index (χ0) is 36.6. The van der Waals surface area contributed by atoms with E-state index in [-0.39, 0.29) is 35.1 Å². The maximum absolute atomic E-state index is 14.8. The van der Waals surface area contributed by atoms with Gasteiger partial charge in [0, 0.05) is 43.6 Å². The van der Waals surface area contributed by atoms with Crippen molar-refractivity contribution in [1.82, 2.24) is 0 Å². The number of Topliss-reactive ketones (excluding diaryl/α,β-unsaturated/α-hetero) is 2. The number of amides is 1. The highest BCUT2D eigenvalue weighted by molar-refractivity contribution is 6.24. The van der Waals surface area contributed by atoms with Crippen LogP contribution in [-0.2, 0) is 38.9 Å². The average molecular weight is 696 g/mol. The zero-order valence-corrected chi connectivity index (χ0v) is 27.4. The topological polar surface area (TPSA) is 253 Å². The highest BCUT2D eigenvalue weighted by Crippen LogP contribution is 2.60. The van der Waals surface area contributed by atoms with Crippen LogP contribution in [0.25, 0.3) is 5.76 Å². The number of benzene rings is 2. The number of carbonyl (C=O) groups is 4. The van der Waals surface area contributed by atoms with Crippen LogP contribution in [0.15, 0.2) is 53.3 Å². The molecule has 0 spiro atoms. The maximum atomic E-state index is 14.8. The number of methoxy groups -OCH3 is 2. The maximum Gasteiger partial charge on any atom is 0.342 e. The lowest BCUT2D eigenvalue weighted by atomic mass is 9.55. The fourth-order valence-corrected chi connectivity index (χ4v) is 7.99. The van der Waals surface area contributed by atoms with Crippen molar-refractivity contribution in [2.45, 2.75) is 68.4 Å². The lowest BCUT2D eigenvalue weighted by Crippen LogP contribution is -2.66. The molecule has 0 bridgehead atoms. The first-order valence-corrected chi connectivity index (χ1v) is 15.8. The number of ether oxygens (including phenoxy) is 4. The second kappa shape index (κ2) is 12.2. The Morgan fingerprint density at radius 3 is 2.26 bits per heavy atom. The number of hydrogen-bond acceptors (Lipinski definition) is 14. The fraction of sp³-hybridized carbons (Fsp3) is 0.429. The van der Waals surface area contributed by atoms with Crippen LogP contribution in [0.3, 0.4) is 0 Å². The molecule has 0 radical (unpaired) electrons. The first-order valence-electron chi connectivity index (χ1n) is 15.8. The number of hydrogen-bond donors (Lipinski definition) is 7. The molecule has 15 heteroatoms. The second-order valence-electron chi connectivity index (χ2n) is 13.1. The molecule has 2 aromatic rings.